The summed E-state index contributed by atoms with van der Waals surface area (Å²) in [6.45, 7) is 5.22. The minimum atomic E-state index is -0.731. The highest BCUT2D eigenvalue weighted by Crippen LogP contribution is 2.22. The first-order valence-corrected chi connectivity index (χ1v) is 9.22. The summed E-state index contributed by atoms with van der Waals surface area (Å²) in [7, 11) is 0. The summed E-state index contributed by atoms with van der Waals surface area (Å²) in [6, 6.07) is 9.30. The highest BCUT2D eigenvalue weighted by atomic mass is 16.5. The van der Waals surface area contributed by atoms with Crippen LogP contribution in [0.5, 0.6) is 0 Å². The van der Waals surface area contributed by atoms with Crippen LogP contribution >= 0.6 is 0 Å². The maximum Gasteiger partial charge on any atom is 0.273 e. The Morgan fingerprint density at radius 1 is 1.21 bits per heavy atom. The summed E-state index contributed by atoms with van der Waals surface area (Å²) in [5, 5.41) is 14.8. The van der Waals surface area contributed by atoms with Crippen LogP contribution in [0.15, 0.2) is 30.3 Å². The van der Waals surface area contributed by atoms with Crippen LogP contribution in [0.2, 0.25) is 0 Å². The average molecular weight is 396 g/mol. The summed E-state index contributed by atoms with van der Waals surface area (Å²) in [6.07, 6.45) is 0. The zero-order valence-electron chi connectivity index (χ0n) is 16.3. The van der Waals surface area contributed by atoms with E-state index < -0.39 is 5.91 Å². The molecule has 0 bridgehead atoms. The Balaban J connectivity index is 1.81. The van der Waals surface area contributed by atoms with Gasteiger partial charge >= 0.3 is 0 Å². The molecular formula is C19H24N8O2. The summed E-state index contributed by atoms with van der Waals surface area (Å²) in [5.74, 6) is -0.305. The van der Waals surface area contributed by atoms with E-state index in [1.165, 1.54) is 0 Å². The molecule has 10 nitrogen and oxygen atoms in total. The smallest absolute Gasteiger partial charge is 0.273 e. The van der Waals surface area contributed by atoms with E-state index in [2.05, 4.69) is 30.8 Å². The number of aryl methyl sites for hydroxylation is 1. The molecule has 2 aromatic heterocycles. The highest BCUT2D eigenvalue weighted by molar-refractivity contribution is 5.96. The molecule has 2 heterocycles. The molecule has 1 aromatic carbocycles. The van der Waals surface area contributed by atoms with Crippen LogP contribution in [0.25, 0.3) is 10.9 Å². The average Bonchev–Trinajstić information content (AvgIpc) is 2.70. The van der Waals surface area contributed by atoms with Gasteiger partial charge in [0.05, 0.1) is 12.1 Å². The lowest BCUT2D eigenvalue weighted by Gasteiger charge is -2.14. The number of nitrogens with zero attached hydrogens (tertiary/aromatic N) is 4. The Morgan fingerprint density at radius 3 is 2.79 bits per heavy atom. The number of benzene rings is 1. The first kappa shape index (κ1) is 20.4. The van der Waals surface area contributed by atoms with Gasteiger partial charge in [0.1, 0.15) is 0 Å². The van der Waals surface area contributed by atoms with Crippen molar-refractivity contribution in [3.8, 4) is 0 Å². The van der Waals surface area contributed by atoms with Gasteiger partial charge in [-0.1, -0.05) is 6.07 Å². The van der Waals surface area contributed by atoms with Crippen molar-refractivity contribution in [3.63, 3.8) is 0 Å². The Hall–Kier alpha value is -3.37. The molecule has 0 radical (unpaired) electrons. The SMILES string of the molecule is CCOC[C@H](N)CNc1nnc(C(N)=O)c(Nc2ccc3nc(C)ccc3c2)n1. The number of primary amides is 1. The van der Waals surface area contributed by atoms with Crippen molar-refractivity contribution < 1.29 is 9.53 Å². The van der Waals surface area contributed by atoms with Crippen LogP contribution in [0.3, 0.4) is 0 Å². The first-order chi connectivity index (χ1) is 14.0. The molecule has 0 aliphatic carbocycles. The predicted molar refractivity (Wildman–Crippen MR) is 111 cm³/mol. The van der Waals surface area contributed by atoms with Crippen molar-refractivity contribution >= 4 is 34.3 Å². The first-order valence-electron chi connectivity index (χ1n) is 9.22. The summed E-state index contributed by atoms with van der Waals surface area (Å²) in [5.41, 5.74) is 13.8. The van der Waals surface area contributed by atoms with Gasteiger partial charge in [0.25, 0.3) is 5.91 Å². The van der Waals surface area contributed by atoms with Crippen molar-refractivity contribution in [3.05, 3.63) is 41.7 Å². The molecule has 0 saturated heterocycles. The Kier molecular flexibility index (Phi) is 6.47. The van der Waals surface area contributed by atoms with Gasteiger partial charge in [-0.25, -0.2) is 0 Å². The number of carbonyl (C=O) groups is 1. The summed E-state index contributed by atoms with van der Waals surface area (Å²) < 4.78 is 5.28. The monoisotopic (exact) mass is 396 g/mol. The number of ether oxygens (including phenoxy) is 1. The van der Waals surface area contributed by atoms with E-state index in [1.54, 1.807) is 0 Å². The molecule has 0 spiro atoms. The third-order valence-corrected chi connectivity index (χ3v) is 4.07. The predicted octanol–water partition coefficient (Wildman–Crippen LogP) is 1.35. The molecular weight excluding hydrogens is 372 g/mol. The minimum absolute atomic E-state index is 0.0590. The maximum atomic E-state index is 11.7. The van der Waals surface area contributed by atoms with Gasteiger partial charge < -0.3 is 26.8 Å². The van der Waals surface area contributed by atoms with E-state index in [1.807, 2.05) is 44.2 Å². The van der Waals surface area contributed by atoms with Crippen LogP contribution in [0.1, 0.15) is 23.1 Å². The quantitative estimate of drug-likeness (QED) is 0.419. The van der Waals surface area contributed by atoms with Crippen LogP contribution in [0, 0.1) is 6.92 Å². The molecule has 0 unspecified atom stereocenters. The highest BCUT2D eigenvalue weighted by Gasteiger charge is 2.15. The lowest BCUT2D eigenvalue weighted by molar-refractivity contribution is 0.0995. The number of hydrogen-bond donors (Lipinski definition) is 4. The van der Waals surface area contributed by atoms with Gasteiger partial charge in [0.15, 0.2) is 11.5 Å². The fourth-order valence-electron chi connectivity index (χ4n) is 2.65. The number of amides is 1. The van der Waals surface area contributed by atoms with E-state index >= 15 is 0 Å². The normalized spacial score (nSPS) is 12.0. The van der Waals surface area contributed by atoms with E-state index in [0.717, 1.165) is 16.6 Å². The zero-order chi connectivity index (χ0) is 20.8. The van der Waals surface area contributed by atoms with Gasteiger partial charge in [0, 0.05) is 36.0 Å². The Morgan fingerprint density at radius 2 is 2.03 bits per heavy atom. The van der Waals surface area contributed by atoms with Crippen molar-refractivity contribution in [1.82, 2.24) is 20.2 Å². The van der Waals surface area contributed by atoms with Crippen molar-refractivity contribution in [2.75, 3.05) is 30.4 Å². The number of hydrogen-bond acceptors (Lipinski definition) is 9. The molecule has 3 aromatic rings. The van der Waals surface area contributed by atoms with Crippen LogP contribution < -0.4 is 22.1 Å². The number of pyridine rings is 1. The Labute approximate surface area is 168 Å². The lowest BCUT2D eigenvalue weighted by atomic mass is 10.2. The van der Waals surface area contributed by atoms with Crippen molar-refractivity contribution in [2.24, 2.45) is 11.5 Å². The molecule has 10 heteroatoms. The second kappa shape index (κ2) is 9.22. The molecule has 29 heavy (non-hydrogen) atoms. The molecule has 1 amide bonds. The molecule has 6 N–H and O–H groups in total. The molecule has 0 aliphatic heterocycles. The van der Waals surface area contributed by atoms with Gasteiger partial charge in [0.2, 0.25) is 5.95 Å². The van der Waals surface area contributed by atoms with Crippen molar-refractivity contribution in [2.45, 2.75) is 19.9 Å². The van der Waals surface area contributed by atoms with Gasteiger partial charge in [-0.05, 0) is 38.1 Å². The van der Waals surface area contributed by atoms with Gasteiger partial charge in [-0.2, -0.15) is 4.98 Å². The molecule has 0 aliphatic rings. The topological polar surface area (TPSA) is 154 Å². The zero-order valence-corrected chi connectivity index (χ0v) is 16.3. The third-order valence-electron chi connectivity index (χ3n) is 4.07. The number of anilines is 3. The number of aromatic nitrogens is 4. The van der Waals surface area contributed by atoms with Crippen LogP contribution in [0.4, 0.5) is 17.5 Å². The van der Waals surface area contributed by atoms with Gasteiger partial charge in [-0.3, -0.25) is 9.78 Å². The van der Waals surface area contributed by atoms with Crippen LogP contribution in [-0.4, -0.2) is 51.9 Å². The molecule has 0 fully saturated rings. The molecule has 1 atom stereocenters. The lowest BCUT2D eigenvalue weighted by Crippen LogP contribution is -2.34. The standard InChI is InChI=1S/C19H24N8O2/c1-3-29-10-13(20)9-22-19-25-18(16(17(21)28)26-27-19)24-14-6-7-15-12(8-14)5-4-11(2)23-15/h4-8,13H,3,9-10,20H2,1-2H3,(H2,21,28)(H2,22,24,25,27)/t13-/m1/s1. The fraction of sp³-hybridized carbons (Fsp3) is 0.316. The van der Waals surface area contributed by atoms with E-state index in [4.69, 9.17) is 16.2 Å². The Bertz CT molecular complexity index is 1010. The number of nitrogens with one attached hydrogen (secondary N) is 2. The second-order valence-corrected chi connectivity index (χ2v) is 6.48. The number of nitrogens with two attached hydrogens (primary N) is 2. The fourth-order valence-corrected chi connectivity index (χ4v) is 2.65. The van der Waals surface area contributed by atoms with E-state index in [0.29, 0.717) is 25.4 Å². The summed E-state index contributed by atoms with van der Waals surface area (Å²) in [4.78, 5) is 20.5. The minimum Gasteiger partial charge on any atom is -0.380 e. The molecule has 0 saturated carbocycles. The third kappa shape index (κ3) is 5.33. The van der Waals surface area contributed by atoms with E-state index in [-0.39, 0.29) is 23.5 Å². The second-order valence-electron chi connectivity index (χ2n) is 6.48. The van der Waals surface area contributed by atoms with Gasteiger partial charge in [-0.15, -0.1) is 10.2 Å². The van der Waals surface area contributed by atoms with Crippen molar-refractivity contribution in [1.29, 1.82) is 0 Å². The molecule has 152 valence electrons. The summed E-state index contributed by atoms with van der Waals surface area (Å²) >= 11 is 0. The number of fused-ring (bicyclic) bond motifs is 1. The van der Waals surface area contributed by atoms with Crippen LogP contribution in [-0.2, 0) is 4.74 Å². The number of carbonyl (C=O) groups excluding carboxylic acids is 1. The molecule has 3 rings (SSSR count). The van der Waals surface area contributed by atoms with E-state index in [9.17, 15) is 4.79 Å². The maximum absolute atomic E-state index is 11.7. The largest absolute Gasteiger partial charge is 0.380 e. The number of rotatable bonds is 9.